The molecule has 0 amide bonds. The van der Waals surface area contributed by atoms with Crippen molar-refractivity contribution in [2.24, 2.45) is 5.92 Å². The Kier molecular flexibility index (Phi) is 4.74. The fourth-order valence-electron chi connectivity index (χ4n) is 1.54. The maximum atomic E-state index is 5.25. The second-order valence-corrected chi connectivity index (χ2v) is 4.11. The Hall–Kier alpha value is -0.760. The van der Waals surface area contributed by atoms with Crippen LogP contribution in [0.25, 0.3) is 0 Å². The second kappa shape index (κ2) is 5.86. The minimum Gasteiger partial charge on any atom is -0.468 e. The lowest BCUT2D eigenvalue weighted by molar-refractivity contribution is 0.391. The highest BCUT2D eigenvalue weighted by Gasteiger charge is 2.06. The van der Waals surface area contributed by atoms with Crippen molar-refractivity contribution in [3.63, 3.8) is 0 Å². The predicted octanol–water partition coefficient (Wildman–Crippen LogP) is 3.19. The van der Waals surface area contributed by atoms with Gasteiger partial charge in [-0.15, -0.1) is 0 Å². The summed E-state index contributed by atoms with van der Waals surface area (Å²) >= 11 is 0. The molecule has 80 valence electrons. The van der Waals surface area contributed by atoms with Crippen LogP contribution in [0.2, 0.25) is 0 Å². The molecular weight excluding hydrogens is 174 g/mol. The molecule has 1 heterocycles. The highest BCUT2D eigenvalue weighted by molar-refractivity contribution is 4.97. The lowest BCUT2D eigenvalue weighted by Gasteiger charge is -2.16. The average Bonchev–Trinajstić information content (AvgIpc) is 2.67. The summed E-state index contributed by atoms with van der Waals surface area (Å²) in [6.45, 7) is 7.61. The molecule has 0 spiro atoms. The summed E-state index contributed by atoms with van der Waals surface area (Å²) < 4.78 is 5.25. The van der Waals surface area contributed by atoms with Gasteiger partial charge in [0.25, 0.3) is 0 Å². The Bertz CT molecular complexity index is 230. The molecule has 0 aliphatic rings. The number of furan rings is 1. The average molecular weight is 195 g/mol. The first-order valence-electron chi connectivity index (χ1n) is 5.48. The van der Waals surface area contributed by atoms with Gasteiger partial charge in [0.2, 0.25) is 0 Å². The molecule has 2 heteroatoms. The number of nitrogens with one attached hydrogen (secondary N) is 1. The molecule has 0 aromatic carbocycles. The van der Waals surface area contributed by atoms with Gasteiger partial charge in [-0.05, 0) is 31.4 Å². The number of rotatable bonds is 6. The number of hydrogen-bond acceptors (Lipinski definition) is 2. The normalized spacial score (nSPS) is 15.4. The molecule has 14 heavy (non-hydrogen) atoms. The molecule has 0 aliphatic heterocycles. The molecule has 1 N–H and O–H groups in total. The van der Waals surface area contributed by atoms with E-state index in [1.807, 2.05) is 12.1 Å². The molecule has 0 saturated carbocycles. The van der Waals surface area contributed by atoms with Gasteiger partial charge in [-0.3, -0.25) is 0 Å². The smallest absolute Gasteiger partial charge is 0.117 e. The Balaban J connectivity index is 2.18. The molecule has 0 fully saturated rings. The SMILES string of the molecule is CCC(C)CC(C)NCc1ccco1. The Labute approximate surface area is 86.7 Å². The van der Waals surface area contributed by atoms with Crippen molar-refractivity contribution in [3.05, 3.63) is 24.2 Å². The van der Waals surface area contributed by atoms with Crippen LogP contribution in [0.3, 0.4) is 0 Å². The third-order valence-corrected chi connectivity index (χ3v) is 2.66. The Morgan fingerprint density at radius 1 is 1.43 bits per heavy atom. The standard InChI is InChI=1S/C12H21NO/c1-4-10(2)8-11(3)13-9-12-6-5-7-14-12/h5-7,10-11,13H,4,8-9H2,1-3H3. The molecular formula is C12H21NO. The van der Waals surface area contributed by atoms with E-state index in [0.29, 0.717) is 6.04 Å². The van der Waals surface area contributed by atoms with E-state index in [1.165, 1.54) is 12.8 Å². The maximum absolute atomic E-state index is 5.25. The van der Waals surface area contributed by atoms with Crippen LogP contribution in [0.15, 0.2) is 22.8 Å². The Morgan fingerprint density at radius 3 is 2.79 bits per heavy atom. The summed E-state index contributed by atoms with van der Waals surface area (Å²) in [5.41, 5.74) is 0. The number of hydrogen-bond donors (Lipinski definition) is 1. The Morgan fingerprint density at radius 2 is 2.21 bits per heavy atom. The van der Waals surface area contributed by atoms with Crippen molar-refractivity contribution in [2.45, 2.75) is 46.2 Å². The third kappa shape index (κ3) is 3.97. The van der Waals surface area contributed by atoms with Gasteiger partial charge in [0, 0.05) is 6.04 Å². The first kappa shape index (κ1) is 11.3. The van der Waals surface area contributed by atoms with Gasteiger partial charge in [-0.1, -0.05) is 20.3 Å². The molecule has 1 aromatic heterocycles. The van der Waals surface area contributed by atoms with Gasteiger partial charge >= 0.3 is 0 Å². The van der Waals surface area contributed by atoms with Crippen LogP contribution in [0.5, 0.6) is 0 Å². The third-order valence-electron chi connectivity index (χ3n) is 2.66. The highest BCUT2D eigenvalue weighted by Crippen LogP contribution is 2.10. The molecule has 0 saturated heterocycles. The molecule has 1 aromatic rings. The quantitative estimate of drug-likeness (QED) is 0.754. The largest absolute Gasteiger partial charge is 0.468 e. The van der Waals surface area contributed by atoms with E-state index in [9.17, 15) is 0 Å². The predicted molar refractivity (Wildman–Crippen MR) is 59.1 cm³/mol. The fraction of sp³-hybridized carbons (Fsp3) is 0.667. The van der Waals surface area contributed by atoms with Gasteiger partial charge in [-0.25, -0.2) is 0 Å². The monoisotopic (exact) mass is 195 g/mol. The summed E-state index contributed by atoms with van der Waals surface area (Å²) in [5, 5.41) is 3.46. The van der Waals surface area contributed by atoms with Gasteiger partial charge in [-0.2, -0.15) is 0 Å². The van der Waals surface area contributed by atoms with Crippen molar-refractivity contribution >= 4 is 0 Å². The molecule has 1 rings (SSSR count). The van der Waals surface area contributed by atoms with Crippen LogP contribution in [-0.2, 0) is 6.54 Å². The first-order valence-corrected chi connectivity index (χ1v) is 5.48. The minimum atomic E-state index is 0.565. The summed E-state index contributed by atoms with van der Waals surface area (Å²) in [6.07, 6.45) is 4.21. The van der Waals surface area contributed by atoms with E-state index in [1.54, 1.807) is 6.26 Å². The van der Waals surface area contributed by atoms with Gasteiger partial charge in [0.15, 0.2) is 0 Å². The summed E-state index contributed by atoms with van der Waals surface area (Å²) in [7, 11) is 0. The van der Waals surface area contributed by atoms with Crippen LogP contribution >= 0.6 is 0 Å². The molecule has 2 nitrogen and oxygen atoms in total. The van der Waals surface area contributed by atoms with Gasteiger partial charge < -0.3 is 9.73 Å². The fourth-order valence-corrected chi connectivity index (χ4v) is 1.54. The maximum Gasteiger partial charge on any atom is 0.117 e. The summed E-state index contributed by atoms with van der Waals surface area (Å²) in [4.78, 5) is 0. The zero-order valence-electron chi connectivity index (χ0n) is 9.42. The van der Waals surface area contributed by atoms with Crippen molar-refractivity contribution in [1.29, 1.82) is 0 Å². The highest BCUT2D eigenvalue weighted by atomic mass is 16.3. The first-order chi connectivity index (χ1) is 6.72. The van der Waals surface area contributed by atoms with Crippen LogP contribution in [0.4, 0.5) is 0 Å². The molecule has 0 aliphatic carbocycles. The van der Waals surface area contributed by atoms with Crippen LogP contribution in [0, 0.1) is 5.92 Å². The minimum absolute atomic E-state index is 0.565. The van der Waals surface area contributed by atoms with E-state index >= 15 is 0 Å². The molecule has 0 bridgehead atoms. The van der Waals surface area contributed by atoms with Crippen molar-refractivity contribution in [1.82, 2.24) is 5.32 Å². The molecule has 2 unspecified atom stereocenters. The van der Waals surface area contributed by atoms with Gasteiger partial charge in [0.05, 0.1) is 12.8 Å². The zero-order chi connectivity index (χ0) is 10.4. The topological polar surface area (TPSA) is 25.2 Å². The van der Waals surface area contributed by atoms with E-state index in [2.05, 4.69) is 26.1 Å². The summed E-state index contributed by atoms with van der Waals surface area (Å²) in [5.74, 6) is 1.81. The lowest BCUT2D eigenvalue weighted by Crippen LogP contribution is -2.27. The van der Waals surface area contributed by atoms with E-state index < -0.39 is 0 Å². The van der Waals surface area contributed by atoms with E-state index in [0.717, 1.165) is 18.2 Å². The molecule has 0 radical (unpaired) electrons. The van der Waals surface area contributed by atoms with Crippen LogP contribution in [0.1, 0.15) is 39.4 Å². The van der Waals surface area contributed by atoms with Crippen LogP contribution in [-0.4, -0.2) is 6.04 Å². The lowest BCUT2D eigenvalue weighted by atomic mass is 10.0. The van der Waals surface area contributed by atoms with E-state index in [-0.39, 0.29) is 0 Å². The van der Waals surface area contributed by atoms with Crippen molar-refractivity contribution in [3.8, 4) is 0 Å². The molecule has 2 atom stereocenters. The van der Waals surface area contributed by atoms with Crippen molar-refractivity contribution in [2.75, 3.05) is 0 Å². The van der Waals surface area contributed by atoms with E-state index in [4.69, 9.17) is 4.42 Å². The second-order valence-electron chi connectivity index (χ2n) is 4.11. The van der Waals surface area contributed by atoms with Crippen LogP contribution < -0.4 is 5.32 Å². The van der Waals surface area contributed by atoms with Gasteiger partial charge in [0.1, 0.15) is 5.76 Å². The van der Waals surface area contributed by atoms with Crippen molar-refractivity contribution < 1.29 is 4.42 Å². The zero-order valence-corrected chi connectivity index (χ0v) is 9.42. The summed E-state index contributed by atoms with van der Waals surface area (Å²) in [6, 6.07) is 4.49.